The van der Waals surface area contributed by atoms with Gasteiger partial charge in [-0.25, -0.2) is 34.1 Å². The minimum atomic E-state index is -3.71. The number of carboxylic acid groups (broad SMARTS) is 1. The van der Waals surface area contributed by atoms with Crippen LogP contribution in [0.1, 0.15) is 121 Å². The van der Waals surface area contributed by atoms with Crippen molar-refractivity contribution in [3.63, 3.8) is 0 Å². The Kier molecular flexibility index (Phi) is 17.2. The minimum Gasteiger partial charge on any atom is -0.477 e. The first-order valence-electron chi connectivity index (χ1n) is 26.8. The molecule has 1 N–H and O–H groups in total. The van der Waals surface area contributed by atoms with E-state index < -0.39 is 42.5 Å². The third kappa shape index (κ3) is 11.9. The maximum atomic E-state index is 14.3. The van der Waals surface area contributed by atoms with Gasteiger partial charge in [0.1, 0.15) is 22.7 Å². The Hall–Kier alpha value is -4.92. The van der Waals surface area contributed by atoms with E-state index in [2.05, 4.69) is 38.4 Å². The molecule has 4 aliphatic heterocycles. The number of carbonyl (C=O) groups is 2. The third-order valence-electron chi connectivity index (χ3n) is 16.6. The monoisotopic (exact) mass is 1160 g/mol. The van der Waals surface area contributed by atoms with Crippen molar-refractivity contribution in [2.75, 3.05) is 49.1 Å². The predicted octanol–water partition coefficient (Wildman–Crippen LogP) is 12.2. The molecular formula is C55H66Cl4F4N12O3. The van der Waals surface area contributed by atoms with Crippen LogP contribution in [-0.2, 0) is 9.59 Å². The van der Waals surface area contributed by atoms with Crippen molar-refractivity contribution in [2.45, 2.75) is 148 Å². The number of aliphatic carboxylic acids is 1. The molecule has 4 unspecified atom stereocenters. The quantitative estimate of drug-likeness (QED) is 0.103. The van der Waals surface area contributed by atoms with Gasteiger partial charge in [-0.15, -0.1) is 0 Å². The van der Waals surface area contributed by atoms with Crippen molar-refractivity contribution in [3.05, 3.63) is 91.4 Å². The van der Waals surface area contributed by atoms with E-state index in [9.17, 15) is 27.2 Å². The van der Waals surface area contributed by atoms with Crippen molar-refractivity contribution in [1.82, 2.24) is 49.3 Å². The summed E-state index contributed by atoms with van der Waals surface area (Å²) in [5.41, 5.74) is 6.13. The number of anilines is 2. The molecule has 78 heavy (non-hydrogen) atoms. The Labute approximate surface area is 471 Å². The number of aryl methyl sites for hydroxylation is 2. The molecule has 0 spiro atoms. The van der Waals surface area contributed by atoms with Crippen LogP contribution in [0.25, 0.3) is 22.3 Å². The highest BCUT2D eigenvalue weighted by Gasteiger charge is 2.47. The van der Waals surface area contributed by atoms with Crippen molar-refractivity contribution in [1.29, 1.82) is 0 Å². The first-order valence-corrected chi connectivity index (χ1v) is 28.3. The van der Waals surface area contributed by atoms with E-state index in [4.69, 9.17) is 76.7 Å². The SMILES string of the molecule is CC(=O)C(F)(F)C[C@@H]1CCCN1C1CCN(c2cnc3c(C)nn([C@H](C)c4ccc(Cl)cc4Cl)c3n2)CC1C.Cc1nn([C@H](C)c2ccc(Cl)cc2Cl)c2nc(N3CCC(N4CCC[C@H]4CC(F)(F)C(=O)O)C(C)C3)cnc12. The highest BCUT2D eigenvalue weighted by Crippen LogP contribution is 2.39. The zero-order chi connectivity index (χ0) is 56.1. The van der Waals surface area contributed by atoms with Crippen LogP contribution in [0.2, 0.25) is 20.1 Å². The van der Waals surface area contributed by atoms with Gasteiger partial charge in [0.2, 0.25) is 0 Å². The number of rotatable bonds is 14. The van der Waals surface area contributed by atoms with Gasteiger partial charge in [0.15, 0.2) is 17.1 Å². The number of carbonyl (C=O) groups excluding carboxylic acids is 1. The summed E-state index contributed by atoms with van der Waals surface area (Å²) in [5, 5.41) is 20.6. The molecule has 4 fully saturated rings. The van der Waals surface area contributed by atoms with Crippen LogP contribution in [-0.4, -0.2) is 141 Å². The van der Waals surface area contributed by atoms with Gasteiger partial charge in [-0.2, -0.15) is 27.8 Å². The molecule has 0 radical (unpaired) electrons. The molecule has 2 aromatic carbocycles. The molecule has 10 rings (SSSR count). The maximum Gasteiger partial charge on any atom is 0.374 e. The number of nitrogens with zero attached hydrogens (tertiary/aromatic N) is 12. The number of fused-ring (bicyclic) bond motifs is 2. The van der Waals surface area contributed by atoms with Gasteiger partial charge >= 0.3 is 17.8 Å². The van der Waals surface area contributed by atoms with Crippen molar-refractivity contribution >= 4 is 92.1 Å². The van der Waals surface area contributed by atoms with Crippen LogP contribution in [0.3, 0.4) is 0 Å². The molecule has 6 aromatic rings. The summed E-state index contributed by atoms with van der Waals surface area (Å²) in [7, 11) is 0. The summed E-state index contributed by atoms with van der Waals surface area (Å²) in [4.78, 5) is 50.6. The van der Waals surface area contributed by atoms with E-state index in [1.165, 1.54) is 0 Å². The van der Waals surface area contributed by atoms with Crippen molar-refractivity contribution < 1.29 is 32.3 Å². The van der Waals surface area contributed by atoms with Crippen LogP contribution in [0.5, 0.6) is 0 Å². The summed E-state index contributed by atoms with van der Waals surface area (Å²) in [6, 6.07) is 10.1. The van der Waals surface area contributed by atoms with Gasteiger partial charge in [0.25, 0.3) is 0 Å². The summed E-state index contributed by atoms with van der Waals surface area (Å²) < 4.78 is 60.3. The minimum absolute atomic E-state index is 0.106. The average Bonchev–Trinajstić information content (AvgIpc) is 4.30. The largest absolute Gasteiger partial charge is 0.477 e. The molecule has 0 bridgehead atoms. The molecule has 23 heteroatoms. The van der Waals surface area contributed by atoms with Gasteiger partial charge in [-0.05, 0) is 127 Å². The lowest BCUT2D eigenvalue weighted by Crippen LogP contribution is -2.53. The standard InChI is InChI=1S/C28H34Cl2F2N6O.C27H32Cl2F2N6O2/c1-16-15-36(11-9-24(16)37-10-5-6-21(37)13-28(31,32)19(4)39)25-14-33-26-17(2)35-38(27(26)34-25)18(3)22-8-7-20(29)12-23(22)30;1-15-14-35(10-8-22(15)36-9-4-5-19(36)12-27(30,31)26(38)39)23-13-32-24-16(2)34-37(25(24)33-23)17(3)20-7-6-18(28)11-21(20)29/h7-8,12,14,16,18,21,24H,5-6,9-11,13,15H2,1-4H3;6-7,11,13,15,17,19,22H,4-5,8-10,12,14H2,1-3H3,(H,38,39)/t16?,18-,21+,24?;15?,17-,19+,22?/m11/s1. The number of Topliss-reactive ketones (excluding diaryl/α,β-unsaturated/α-hetero) is 1. The second kappa shape index (κ2) is 23.3. The van der Waals surface area contributed by atoms with Gasteiger partial charge in [-0.3, -0.25) is 14.6 Å². The van der Waals surface area contributed by atoms with E-state index in [0.717, 1.165) is 97.4 Å². The Balaban J connectivity index is 0.000000190. The fraction of sp³-hybridized carbons (Fsp3) is 0.564. The molecule has 420 valence electrons. The number of alkyl halides is 4. The molecule has 8 heterocycles. The highest BCUT2D eigenvalue weighted by molar-refractivity contribution is 6.35. The van der Waals surface area contributed by atoms with E-state index >= 15 is 0 Å². The normalized spacial score (nSPS) is 23.5. The number of ketones is 1. The third-order valence-corrected chi connectivity index (χ3v) is 17.7. The molecule has 0 saturated carbocycles. The molecule has 15 nitrogen and oxygen atoms in total. The summed E-state index contributed by atoms with van der Waals surface area (Å²) in [6.07, 6.45) is 7.10. The number of hydrogen-bond donors (Lipinski definition) is 1. The summed E-state index contributed by atoms with van der Waals surface area (Å²) >= 11 is 25.2. The topological polar surface area (TPSA) is 155 Å². The number of benzene rings is 2. The van der Waals surface area contributed by atoms with Gasteiger partial charge in [0.05, 0.1) is 35.9 Å². The van der Waals surface area contributed by atoms with Crippen LogP contribution < -0.4 is 9.80 Å². The molecule has 0 aliphatic carbocycles. The summed E-state index contributed by atoms with van der Waals surface area (Å²) in [5.74, 6) is -8.16. The molecular weight excluding hydrogens is 1090 g/mol. The fourth-order valence-electron chi connectivity index (χ4n) is 12.4. The van der Waals surface area contributed by atoms with Crippen LogP contribution >= 0.6 is 46.4 Å². The Bertz CT molecular complexity index is 2980. The Morgan fingerprint density at radius 2 is 1.06 bits per heavy atom. The van der Waals surface area contributed by atoms with E-state index in [0.29, 0.717) is 63.9 Å². The molecule has 4 saturated heterocycles. The van der Waals surface area contributed by atoms with Crippen LogP contribution in [0, 0.1) is 25.7 Å². The number of carboxylic acids is 1. The average molecular weight is 1160 g/mol. The lowest BCUT2D eigenvalue weighted by Gasteiger charge is -2.44. The second-order valence-corrected chi connectivity index (χ2v) is 23.5. The number of piperidine rings is 2. The van der Waals surface area contributed by atoms with Crippen LogP contribution in [0.4, 0.5) is 29.2 Å². The van der Waals surface area contributed by atoms with E-state index in [1.807, 2.05) is 55.3 Å². The van der Waals surface area contributed by atoms with Crippen molar-refractivity contribution in [2.24, 2.45) is 11.8 Å². The van der Waals surface area contributed by atoms with Crippen molar-refractivity contribution in [3.8, 4) is 0 Å². The number of likely N-dealkylation sites (tertiary alicyclic amines) is 2. The summed E-state index contributed by atoms with van der Waals surface area (Å²) in [6.45, 7) is 17.5. The number of aromatic nitrogens is 8. The number of halogens is 8. The predicted molar refractivity (Wildman–Crippen MR) is 297 cm³/mol. The molecule has 4 aliphatic rings. The van der Waals surface area contributed by atoms with Gasteiger partial charge < -0.3 is 14.9 Å². The lowest BCUT2D eigenvalue weighted by molar-refractivity contribution is -0.167. The second-order valence-electron chi connectivity index (χ2n) is 21.8. The highest BCUT2D eigenvalue weighted by atomic mass is 35.5. The Morgan fingerprint density at radius 3 is 1.44 bits per heavy atom. The lowest BCUT2D eigenvalue weighted by atomic mass is 9.91. The zero-order valence-electron chi connectivity index (χ0n) is 44.8. The van der Waals surface area contributed by atoms with E-state index in [-0.39, 0.29) is 42.0 Å². The molecule has 0 amide bonds. The maximum absolute atomic E-state index is 14.3. The zero-order valence-corrected chi connectivity index (χ0v) is 47.8. The Morgan fingerprint density at radius 1 is 0.654 bits per heavy atom. The first kappa shape index (κ1) is 57.8. The van der Waals surface area contributed by atoms with E-state index in [1.54, 1.807) is 30.6 Å². The fourth-order valence-corrected chi connectivity index (χ4v) is 13.5. The number of hydrogen-bond acceptors (Lipinski definition) is 12. The van der Waals surface area contributed by atoms with Gasteiger partial charge in [0, 0.05) is 90.2 Å². The molecule has 8 atom stereocenters. The molecule has 4 aromatic heterocycles. The van der Waals surface area contributed by atoms with Gasteiger partial charge in [-0.1, -0.05) is 72.4 Å². The smallest absolute Gasteiger partial charge is 0.374 e. The first-order chi connectivity index (χ1) is 36.9. The van der Waals surface area contributed by atoms with Crippen LogP contribution in [0.15, 0.2) is 48.8 Å².